The Kier molecular flexibility index (Phi) is 8.10. The molecule has 0 saturated heterocycles. The van der Waals surface area contributed by atoms with E-state index in [-0.39, 0.29) is 17.1 Å². The summed E-state index contributed by atoms with van der Waals surface area (Å²) in [6.07, 6.45) is 1.15. The average molecular weight is 519 g/mol. The Morgan fingerprint density at radius 3 is 2.06 bits per heavy atom. The SMILES string of the molecule is NS(=O)(=O)c1ccc(CCC(=O)Cc2ccc(NS(=O)c3ccccc3-c3ccccc3)cc2)cc1. The normalized spacial score (nSPS) is 12.1. The van der Waals surface area contributed by atoms with Crippen LogP contribution in [0.3, 0.4) is 0 Å². The molecule has 0 saturated carbocycles. The van der Waals surface area contributed by atoms with E-state index in [2.05, 4.69) is 4.72 Å². The molecular weight excluding hydrogens is 492 g/mol. The molecule has 0 radical (unpaired) electrons. The molecule has 0 spiro atoms. The van der Waals surface area contributed by atoms with Gasteiger partial charge < -0.3 is 4.72 Å². The lowest BCUT2D eigenvalue weighted by Gasteiger charge is -2.11. The van der Waals surface area contributed by atoms with Crippen LogP contribution in [0.4, 0.5) is 5.69 Å². The number of rotatable bonds is 10. The minimum atomic E-state index is -3.72. The summed E-state index contributed by atoms with van der Waals surface area (Å²) in [5.74, 6) is 0.0756. The lowest BCUT2D eigenvalue weighted by Crippen LogP contribution is -2.12. The molecule has 184 valence electrons. The van der Waals surface area contributed by atoms with Crippen LogP contribution in [0, 0.1) is 0 Å². The van der Waals surface area contributed by atoms with Crippen LogP contribution in [-0.2, 0) is 38.6 Å². The van der Waals surface area contributed by atoms with Crippen molar-refractivity contribution in [3.8, 4) is 11.1 Å². The molecule has 4 aromatic carbocycles. The van der Waals surface area contributed by atoms with Crippen LogP contribution < -0.4 is 9.86 Å². The van der Waals surface area contributed by atoms with Gasteiger partial charge in [-0.25, -0.2) is 17.8 Å². The summed E-state index contributed by atoms with van der Waals surface area (Å²) in [4.78, 5) is 13.2. The van der Waals surface area contributed by atoms with Gasteiger partial charge in [-0.15, -0.1) is 0 Å². The van der Waals surface area contributed by atoms with Gasteiger partial charge in [0.05, 0.1) is 9.79 Å². The molecule has 4 aromatic rings. The first-order chi connectivity index (χ1) is 17.3. The van der Waals surface area contributed by atoms with E-state index >= 15 is 0 Å². The van der Waals surface area contributed by atoms with Gasteiger partial charge in [-0.1, -0.05) is 72.8 Å². The van der Waals surface area contributed by atoms with E-state index in [1.54, 1.807) is 12.1 Å². The summed E-state index contributed by atoms with van der Waals surface area (Å²) in [7, 11) is -5.18. The molecule has 0 heterocycles. The van der Waals surface area contributed by atoms with Gasteiger partial charge in [-0.2, -0.15) is 0 Å². The van der Waals surface area contributed by atoms with E-state index in [4.69, 9.17) is 5.14 Å². The van der Waals surface area contributed by atoms with E-state index in [9.17, 15) is 17.4 Å². The van der Waals surface area contributed by atoms with Crippen LogP contribution >= 0.6 is 0 Å². The molecule has 0 aliphatic heterocycles. The quantitative estimate of drug-likeness (QED) is 0.312. The second-order valence-corrected chi connectivity index (χ2v) is 11.1. The monoisotopic (exact) mass is 518 g/mol. The number of carbonyl (C=O) groups is 1. The fourth-order valence-corrected chi connectivity index (χ4v) is 5.35. The van der Waals surface area contributed by atoms with Crippen molar-refractivity contribution in [2.45, 2.75) is 29.1 Å². The van der Waals surface area contributed by atoms with E-state index in [0.717, 1.165) is 22.3 Å². The first kappa shape index (κ1) is 25.5. The van der Waals surface area contributed by atoms with Crippen LogP contribution in [0.1, 0.15) is 17.5 Å². The number of benzene rings is 4. The van der Waals surface area contributed by atoms with Crippen LogP contribution in [0.5, 0.6) is 0 Å². The van der Waals surface area contributed by atoms with Gasteiger partial charge in [0.1, 0.15) is 5.78 Å². The molecule has 0 aliphatic carbocycles. The van der Waals surface area contributed by atoms with Crippen molar-refractivity contribution in [1.82, 2.24) is 0 Å². The van der Waals surface area contributed by atoms with Crippen molar-refractivity contribution in [3.05, 3.63) is 114 Å². The van der Waals surface area contributed by atoms with Crippen molar-refractivity contribution in [2.24, 2.45) is 5.14 Å². The van der Waals surface area contributed by atoms with Crippen molar-refractivity contribution >= 4 is 32.5 Å². The number of nitrogens with two attached hydrogens (primary N) is 1. The maximum absolute atomic E-state index is 13.1. The Balaban J connectivity index is 1.33. The number of aryl methyl sites for hydroxylation is 1. The number of Topliss-reactive ketones (excluding diaryl/α,β-unsaturated/α-hetero) is 1. The average Bonchev–Trinajstić information content (AvgIpc) is 2.89. The third-order valence-electron chi connectivity index (χ3n) is 5.68. The Labute approximate surface area is 213 Å². The molecule has 6 nitrogen and oxygen atoms in total. The molecule has 0 bridgehead atoms. The molecule has 4 rings (SSSR count). The van der Waals surface area contributed by atoms with E-state index in [1.807, 2.05) is 78.9 Å². The number of carbonyl (C=O) groups excluding carboxylic acids is 1. The van der Waals surface area contributed by atoms with Gasteiger partial charge in [0.2, 0.25) is 10.0 Å². The van der Waals surface area contributed by atoms with Crippen LogP contribution in [0.15, 0.2) is 113 Å². The minimum Gasteiger partial charge on any atom is -0.301 e. The summed E-state index contributed by atoms with van der Waals surface area (Å²) >= 11 is 0. The largest absolute Gasteiger partial charge is 0.301 e. The van der Waals surface area contributed by atoms with Gasteiger partial charge in [0.25, 0.3) is 0 Å². The molecule has 0 aromatic heterocycles. The fourth-order valence-electron chi connectivity index (χ4n) is 3.78. The topological polar surface area (TPSA) is 106 Å². The highest BCUT2D eigenvalue weighted by Gasteiger charge is 2.12. The third kappa shape index (κ3) is 6.75. The van der Waals surface area contributed by atoms with E-state index in [1.165, 1.54) is 12.1 Å². The summed E-state index contributed by atoms with van der Waals surface area (Å²) in [6, 6.07) is 31.0. The molecular formula is C28H26N2O4S2. The molecule has 3 N–H and O–H groups in total. The predicted octanol–water partition coefficient (Wildman–Crippen LogP) is 4.88. The highest BCUT2D eigenvalue weighted by molar-refractivity contribution is 7.89. The van der Waals surface area contributed by atoms with Crippen molar-refractivity contribution in [2.75, 3.05) is 4.72 Å². The zero-order chi connectivity index (χ0) is 25.5. The maximum Gasteiger partial charge on any atom is 0.238 e. The standard InChI is InChI=1S/C28H26N2O4S2/c29-36(33,34)26-18-13-21(14-19-26)12-17-25(31)20-22-10-15-24(16-11-22)30-35(32)28-9-5-4-8-27(28)23-6-2-1-3-7-23/h1-11,13-16,18-19,30H,12,17,20H2,(H2,29,33,34). The van der Waals surface area contributed by atoms with Crippen LogP contribution in [0.25, 0.3) is 11.1 Å². The summed E-state index contributed by atoms with van der Waals surface area (Å²) < 4.78 is 38.8. The number of hydrogen-bond acceptors (Lipinski definition) is 4. The highest BCUT2D eigenvalue weighted by Crippen LogP contribution is 2.27. The van der Waals surface area contributed by atoms with Gasteiger partial charge in [-0.3, -0.25) is 4.79 Å². The molecule has 8 heteroatoms. The second kappa shape index (κ2) is 11.4. The fraction of sp³-hybridized carbons (Fsp3) is 0.107. The van der Waals surface area contributed by atoms with Gasteiger partial charge >= 0.3 is 0 Å². The molecule has 1 unspecified atom stereocenters. The number of nitrogens with one attached hydrogen (secondary N) is 1. The van der Waals surface area contributed by atoms with Gasteiger partial charge in [-0.05, 0) is 59.0 Å². The zero-order valence-corrected chi connectivity index (χ0v) is 21.1. The van der Waals surface area contributed by atoms with E-state index < -0.39 is 21.0 Å². The second-order valence-electron chi connectivity index (χ2n) is 8.33. The van der Waals surface area contributed by atoms with Gasteiger partial charge in [0.15, 0.2) is 11.0 Å². The lowest BCUT2D eigenvalue weighted by molar-refractivity contribution is -0.118. The van der Waals surface area contributed by atoms with E-state index in [0.29, 0.717) is 23.4 Å². The van der Waals surface area contributed by atoms with Crippen LogP contribution in [-0.4, -0.2) is 18.4 Å². The Hall–Kier alpha value is -3.59. The van der Waals surface area contributed by atoms with Crippen LogP contribution in [0.2, 0.25) is 0 Å². The number of sulfonamides is 1. The zero-order valence-electron chi connectivity index (χ0n) is 19.5. The number of hydrogen-bond donors (Lipinski definition) is 2. The molecule has 0 amide bonds. The Bertz CT molecular complexity index is 1470. The Morgan fingerprint density at radius 1 is 0.778 bits per heavy atom. The molecule has 36 heavy (non-hydrogen) atoms. The highest BCUT2D eigenvalue weighted by atomic mass is 32.2. The van der Waals surface area contributed by atoms with Gasteiger partial charge in [0, 0.05) is 18.5 Å². The molecule has 0 fully saturated rings. The smallest absolute Gasteiger partial charge is 0.238 e. The molecule has 1 atom stereocenters. The Morgan fingerprint density at radius 2 is 1.39 bits per heavy atom. The van der Waals surface area contributed by atoms with Crippen molar-refractivity contribution in [3.63, 3.8) is 0 Å². The lowest BCUT2D eigenvalue weighted by atomic mass is 10.0. The first-order valence-corrected chi connectivity index (χ1v) is 14.0. The van der Waals surface area contributed by atoms with Crippen molar-refractivity contribution < 1.29 is 17.4 Å². The summed E-state index contributed by atoms with van der Waals surface area (Å²) in [5.41, 5.74) is 4.34. The summed E-state index contributed by atoms with van der Waals surface area (Å²) in [6.45, 7) is 0. The number of anilines is 1. The molecule has 0 aliphatic rings. The van der Waals surface area contributed by atoms with Crippen molar-refractivity contribution in [1.29, 1.82) is 0 Å². The maximum atomic E-state index is 13.1. The minimum absolute atomic E-state index is 0.0516. The third-order valence-corrected chi connectivity index (χ3v) is 7.79. The summed E-state index contributed by atoms with van der Waals surface area (Å²) in [5, 5.41) is 5.11. The predicted molar refractivity (Wildman–Crippen MR) is 143 cm³/mol. The number of ketones is 1. The first-order valence-electron chi connectivity index (χ1n) is 11.3. The number of primary sulfonamides is 1.